The summed E-state index contributed by atoms with van der Waals surface area (Å²) in [6.07, 6.45) is -0.00430. The summed E-state index contributed by atoms with van der Waals surface area (Å²) < 4.78 is 19.4. The van der Waals surface area contributed by atoms with Crippen molar-refractivity contribution < 1.29 is 19.0 Å². The molecule has 0 bridgehead atoms. The van der Waals surface area contributed by atoms with E-state index >= 15 is 0 Å². The maximum absolute atomic E-state index is 14.0. The molecule has 0 aliphatic carbocycles. The van der Waals surface area contributed by atoms with Crippen molar-refractivity contribution in [2.45, 2.75) is 26.2 Å². The highest BCUT2D eigenvalue weighted by atomic mass is 35.5. The Balaban J connectivity index is 2.38. The second-order valence-corrected chi connectivity index (χ2v) is 5.65. The molecule has 0 aromatic heterocycles. The van der Waals surface area contributed by atoms with Crippen molar-refractivity contribution in [1.29, 1.82) is 0 Å². The molecule has 3 nitrogen and oxygen atoms in total. The van der Waals surface area contributed by atoms with Crippen LogP contribution >= 0.6 is 11.6 Å². The number of benzene rings is 2. The van der Waals surface area contributed by atoms with E-state index in [9.17, 15) is 14.3 Å². The summed E-state index contributed by atoms with van der Waals surface area (Å²) in [5, 5.41) is 9.81. The van der Waals surface area contributed by atoms with Crippen LogP contribution in [-0.2, 0) is 11.2 Å². The summed E-state index contributed by atoms with van der Waals surface area (Å²) in [6.45, 7) is 4.23. The van der Waals surface area contributed by atoms with Crippen LogP contribution in [0.2, 0.25) is 5.02 Å². The molecule has 2 aromatic carbocycles. The predicted octanol–water partition coefficient (Wildman–Crippen LogP) is 4.60. The Morgan fingerprint density at radius 2 is 2.09 bits per heavy atom. The number of hydrogen-bond acceptors (Lipinski definition) is 2. The van der Waals surface area contributed by atoms with Gasteiger partial charge in [0, 0.05) is 10.6 Å². The topological polar surface area (TPSA) is 46.5 Å². The molecule has 0 heterocycles. The Hall–Kier alpha value is -2.07. The molecule has 23 heavy (non-hydrogen) atoms. The van der Waals surface area contributed by atoms with Crippen LogP contribution < -0.4 is 4.74 Å². The van der Waals surface area contributed by atoms with E-state index in [0.717, 1.165) is 5.56 Å². The monoisotopic (exact) mass is 336 g/mol. The predicted molar refractivity (Wildman–Crippen MR) is 87.8 cm³/mol. The van der Waals surface area contributed by atoms with Crippen molar-refractivity contribution in [2.24, 2.45) is 0 Å². The van der Waals surface area contributed by atoms with Gasteiger partial charge < -0.3 is 9.84 Å². The number of halogens is 2. The van der Waals surface area contributed by atoms with Gasteiger partial charge in [0.2, 0.25) is 0 Å². The van der Waals surface area contributed by atoms with Crippen LogP contribution in [0, 0.1) is 12.7 Å². The number of carboxylic acid groups (broad SMARTS) is 1. The summed E-state index contributed by atoms with van der Waals surface area (Å²) in [7, 11) is 0. The Morgan fingerprint density at radius 3 is 2.65 bits per heavy atom. The Kier molecular flexibility index (Phi) is 5.61. The zero-order chi connectivity index (χ0) is 17.0. The van der Waals surface area contributed by atoms with Crippen LogP contribution in [0.5, 0.6) is 5.75 Å². The van der Waals surface area contributed by atoms with Gasteiger partial charge >= 0.3 is 5.97 Å². The van der Waals surface area contributed by atoms with Crippen molar-refractivity contribution in [3.63, 3.8) is 0 Å². The number of rotatable bonds is 6. The minimum atomic E-state index is -1.02. The minimum absolute atomic E-state index is 0.00430. The quantitative estimate of drug-likeness (QED) is 0.838. The fraction of sp³-hybridized carbons (Fsp3) is 0.278. The molecule has 2 aromatic rings. The summed E-state index contributed by atoms with van der Waals surface area (Å²) >= 11 is 6.02. The van der Waals surface area contributed by atoms with Gasteiger partial charge in [-0.3, -0.25) is 4.79 Å². The highest BCUT2D eigenvalue weighted by Crippen LogP contribution is 2.30. The third-order valence-corrected chi connectivity index (χ3v) is 4.05. The first-order chi connectivity index (χ1) is 10.9. The molecule has 0 saturated heterocycles. The van der Waals surface area contributed by atoms with Gasteiger partial charge in [0.05, 0.1) is 12.5 Å². The Bertz CT molecular complexity index is 695. The van der Waals surface area contributed by atoms with Crippen molar-refractivity contribution in [3.05, 3.63) is 63.9 Å². The molecule has 0 saturated carbocycles. The lowest BCUT2D eigenvalue weighted by Gasteiger charge is -2.17. The van der Waals surface area contributed by atoms with Crippen molar-refractivity contribution >= 4 is 17.6 Å². The molecule has 1 atom stereocenters. The molecule has 122 valence electrons. The first-order valence-corrected chi connectivity index (χ1v) is 7.70. The molecule has 0 spiro atoms. The summed E-state index contributed by atoms with van der Waals surface area (Å²) in [5.74, 6) is -1.70. The number of aryl methyl sites for hydroxylation is 1. The molecule has 0 aliphatic rings. The molecule has 1 unspecified atom stereocenters. The lowest BCUT2D eigenvalue weighted by atomic mass is 9.89. The van der Waals surface area contributed by atoms with Gasteiger partial charge in [-0.1, -0.05) is 23.7 Å². The molecule has 2 rings (SSSR count). The number of carbonyl (C=O) groups is 1. The van der Waals surface area contributed by atoms with Gasteiger partial charge in [0.25, 0.3) is 0 Å². The van der Waals surface area contributed by atoms with Crippen LogP contribution in [0.3, 0.4) is 0 Å². The molecule has 0 fully saturated rings. The van der Waals surface area contributed by atoms with Crippen LogP contribution in [0.4, 0.5) is 4.39 Å². The maximum atomic E-state index is 14.0. The van der Waals surface area contributed by atoms with E-state index in [4.69, 9.17) is 16.3 Å². The smallest absolute Gasteiger partial charge is 0.311 e. The lowest BCUT2D eigenvalue weighted by molar-refractivity contribution is -0.138. The van der Waals surface area contributed by atoms with Gasteiger partial charge in [-0.15, -0.1) is 0 Å². The van der Waals surface area contributed by atoms with E-state index in [1.807, 2.05) is 13.8 Å². The van der Waals surface area contributed by atoms with Gasteiger partial charge in [-0.2, -0.15) is 0 Å². The van der Waals surface area contributed by atoms with E-state index in [0.29, 0.717) is 17.9 Å². The molecule has 1 N–H and O–H groups in total. The summed E-state index contributed by atoms with van der Waals surface area (Å²) in [5.41, 5.74) is 1.63. The molecule has 0 aliphatic heterocycles. The van der Waals surface area contributed by atoms with Gasteiger partial charge in [-0.25, -0.2) is 4.39 Å². The Labute approximate surface area is 139 Å². The fourth-order valence-electron chi connectivity index (χ4n) is 2.56. The molecule has 0 amide bonds. The van der Waals surface area contributed by atoms with Gasteiger partial charge in [-0.05, 0) is 55.7 Å². The number of hydrogen-bond donors (Lipinski definition) is 1. The van der Waals surface area contributed by atoms with E-state index in [2.05, 4.69) is 0 Å². The Morgan fingerprint density at radius 1 is 1.35 bits per heavy atom. The standard InChI is InChI=1S/C18H18ClFO3/c1-3-23-12-7-8-13(11(2)9-12)14(18(21)22)10-15-16(19)5-4-6-17(15)20/h4-9,14H,3,10H2,1-2H3,(H,21,22). The van der Waals surface area contributed by atoms with Crippen LogP contribution in [-0.4, -0.2) is 17.7 Å². The van der Waals surface area contributed by atoms with Crippen LogP contribution in [0.25, 0.3) is 0 Å². The summed E-state index contributed by atoms with van der Waals surface area (Å²) in [6, 6.07) is 9.57. The van der Waals surface area contributed by atoms with Crippen LogP contribution in [0.15, 0.2) is 36.4 Å². The average molecular weight is 337 g/mol. The second-order valence-electron chi connectivity index (χ2n) is 5.25. The molecule has 5 heteroatoms. The normalized spacial score (nSPS) is 12.0. The zero-order valence-corrected chi connectivity index (χ0v) is 13.7. The van der Waals surface area contributed by atoms with E-state index in [1.54, 1.807) is 24.3 Å². The maximum Gasteiger partial charge on any atom is 0.311 e. The average Bonchev–Trinajstić information content (AvgIpc) is 2.48. The largest absolute Gasteiger partial charge is 0.494 e. The molecular formula is C18H18ClFO3. The van der Waals surface area contributed by atoms with E-state index in [-0.39, 0.29) is 17.0 Å². The third-order valence-electron chi connectivity index (χ3n) is 3.70. The molecular weight excluding hydrogens is 319 g/mol. The minimum Gasteiger partial charge on any atom is -0.494 e. The van der Waals surface area contributed by atoms with Gasteiger partial charge in [0.1, 0.15) is 11.6 Å². The number of ether oxygens (including phenoxy) is 1. The van der Waals surface area contributed by atoms with E-state index < -0.39 is 17.7 Å². The third kappa shape index (κ3) is 4.02. The highest BCUT2D eigenvalue weighted by Gasteiger charge is 2.25. The first kappa shape index (κ1) is 17.3. The highest BCUT2D eigenvalue weighted by molar-refractivity contribution is 6.31. The zero-order valence-electron chi connectivity index (χ0n) is 13.0. The van der Waals surface area contributed by atoms with Gasteiger partial charge in [0.15, 0.2) is 0 Å². The first-order valence-electron chi connectivity index (χ1n) is 7.33. The van der Waals surface area contributed by atoms with E-state index in [1.165, 1.54) is 12.1 Å². The fourth-order valence-corrected chi connectivity index (χ4v) is 2.80. The van der Waals surface area contributed by atoms with Crippen molar-refractivity contribution in [3.8, 4) is 5.75 Å². The van der Waals surface area contributed by atoms with Crippen LogP contribution in [0.1, 0.15) is 29.5 Å². The number of carboxylic acids is 1. The number of aliphatic carboxylic acids is 1. The van der Waals surface area contributed by atoms with Crippen molar-refractivity contribution in [2.75, 3.05) is 6.61 Å². The van der Waals surface area contributed by atoms with Crippen molar-refractivity contribution in [1.82, 2.24) is 0 Å². The SMILES string of the molecule is CCOc1ccc(C(Cc2c(F)cccc2Cl)C(=O)O)c(C)c1. The molecule has 0 radical (unpaired) electrons. The lowest BCUT2D eigenvalue weighted by Crippen LogP contribution is -2.16. The summed E-state index contributed by atoms with van der Waals surface area (Å²) in [4.78, 5) is 11.7. The second kappa shape index (κ2) is 7.47.